The molecule has 0 atom stereocenters. The molecule has 14 heavy (non-hydrogen) atoms. The van der Waals surface area contributed by atoms with Crippen LogP contribution in [0.5, 0.6) is 0 Å². The number of allylic oxidation sites excluding steroid dienone is 1. The quantitative estimate of drug-likeness (QED) is 0.345. The van der Waals surface area contributed by atoms with E-state index in [2.05, 4.69) is 33.4 Å². The van der Waals surface area contributed by atoms with Gasteiger partial charge in [0, 0.05) is 0 Å². The molecule has 0 rings (SSSR count). The van der Waals surface area contributed by atoms with E-state index in [1.807, 2.05) is 0 Å². The van der Waals surface area contributed by atoms with Gasteiger partial charge in [0.05, 0.1) is 0 Å². The van der Waals surface area contributed by atoms with Crippen LogP contribution in [0.2, 0.25) is 0 Å². The standard InChI is InChI=1S/C14H28/c1-5-7-8-9-10-11-12-13-14(3,4)6-2/h6H,2,5,7-13H2,1,3-4H3. The van der Waals surface area contributed by atoms with E-state index in [1.54, 1.807) is 0 Å². The van der Waals surface area contributed by atoms with Crippen molar-refractivity contribution < 1.29 is 0 Å². The van der Waals surface area contributed by atoms with Crippen molar-refractivity contribution in [3.63, 3.8) is 0 Å². The van der Waals surface area contributed by atoms with Crippen molar-refractivity contribution in [2.45, 2.75) is 72.1 Å². The van der Waals surface area contributed by atoms with Crippen molar-refractivity contribution in [2.24, 2.45) is 5.41 Å². The molecule has 0 spiro atoms. The summed E-state index contributed by atoms with van der Waals surface area (Å²) in [5.41, 5.74) is 0.351. The lowest BCUT2D eigenvalue weighted by Crippen LogP contribution is -2.05. The fourth-order valence-corrected chi connectivity index (χ4v) is 1.64. The van der Waals surface area contributed by atoms with Crippen LogP contribution in [0.1, 0.15) is 72.1 Å². The smallest absolute Gasteiger partial charge is 0.0178 e. The number of hydrogen-bond acceptors (Lipinski definition) is 0. The first-order valence-electron chi connectivity index (χ1n) is 6.26. The van der Waals surface area contributed by atoms with Crippen LogP contribution in [0.3, 0.4) is 0 Å². The predicted octanol–water partition coefficient (Wildman–Crippen LogP) is 5.34. The van der Waals surface area contributed by atoms with Crippen molar-refractivity contribution in [3.8, 4) is 0 Å². The van der Waals surface area contributed by atoms with Crippen LogP contribution in [-0.2, 0) is 0 Å². The van der Waals surface area contributed by atoms with Gasteiger partial charge in [-0.25, -0.2) is 0 Å². The molecular formula is C14H28. The first-order valence-corrected chi connectivity index (χ1v) is 6.26. The summed E-state index contributed by atoms with van der Waals surface area (Å²) in [5.74, 6) is 0. The summed E-state index contributed by atoms with van der Waals surface area (Å²) < 4.78 is 0. The highest BCUT2D eigenvalue weighted by atomic mass is 14.2. The molecule has 0 bridgehead atoms. The first kappa shape index (κ1) is 13.7. The second-order valence-electron chi connectivity index (χ2n) is 5.06. The lowest BCUT2D eigenvalue weighted by atomic mass is 9.87. The van der Waals surface area contributed by atoms with E-state index in [1.165, 1.54) is 51.4 Å². The summed E-state index contributed by atoms with van der Waals surface area (Å²) >= 11 is 0. The van der Waals surface area contributed by atoms with Crippen LogP contribution in [0.4, 0.5) is 0 Å². The van der Waals surface area contributed by atoms with Crippen LogP contribution in [0, 0.1) is 5.41 Å². The Bertz CT molecular complexity index is 133. The van der Waals surface area contributed by atoms with Crippen LogP contribution < -0.4 is 0 Å². The Labute approximate surface area is 90.8 Å². The summed E-state index contributed by atoms with van der Waals surface area (Å²) in [6, 6.07) is 0. The zero-order valence-electron chi connectivity index (χ0n) is 10.4. The highest BCUT2D eigenvalue weighted by Crippen LogP contribution is 2.24. The molecule has 0 radical (unpaired) electrons. The molecule has 0 saturated carbocycles. The Morgan fingerprint density at radius 3 is 1.93 bits per heavy atom. The van der Waals surface area contributed by atoms with Gasteiger partial charge < -0.3 is 0 Å². The Morgan fingerprint density at radius 2 is 1.43 bits per heavy atom. The maximum atomic E-state index is 3.87. The molecule has 0 aliphatic carbocycles. The van der Waals surface area contributed by atoms with Gasteiger partial charge in [0.2, 0.25) is 0 Å². The fraction of sp³-hybridized carbons (Fsp3) is 0.857. The highest BCUT2D eigenvalue weighted by Gasteiger charge is 2.11. The Hall–Kier alpha value is -0.260. The topological polar surface area (TPSA) is 0 Å². The monoisotopic (exact) mass is 196 g/mol. The lowest BCUT2D eigenvalue weighted by Gasteiger charge is -2.18. The van der Waals surface area contributed by atoms with Crippen LogP contribution >= 0.6 is 0 Å². The number of hydrogen-bond donors (Lipinski definition) is 0. The van der Waals surface area contributed by atoms with Gasteiger partial charge >= 0.3 is 0 Å². The molecule has 0 fully saturated rings. The summed E-state index contributed by atoms with van der Waals surface area (Å²) in [6.45, 7) is 10.7. The minimum Gasteiger partial charge on any atom is -0.103 e. The normalized spacial score (nSPS) is 11.6. The average molecular weight is 196 g/mol. The van der Waals surface area contributed by atoms with Crippen LogP contribution in [-0.4, -0.2) is 0 Å². The third kappa shape index (κ3) is 8.34. The molecule has 0 aromatic rings. The molecule has 0 aliphatic heterocycles. The minimum absolute atomic E-state index is 0.351. The number of unbranched alkanes of at least 4 members (excludes halogenated alkanes) is 6. The molecule has 0 aliphatic rings. The second kappa shape index (κ2) is 8.08. The average Bonchev–Trinajstić information content (AvgIpc) is 2.16. The zero-order valence-corrected chi connectivity index (χ0v) is 10.4. The van der Waals surface area contributed by atoms with Gasteiger partial charge in [-0.05, 0) is 11.8 Å². The Kier molecular flexibility index (Phi) is 7.93. The Morgan fingerprint density at radius 1 is 0.929 bits per heavy atom. The van der Waals surface area contributed by atoms with Crippen molar-refractivity contribution in [1.29, 1.82) is 0 Å². The lowest BCUT2D eigenvalue weighted by molar-refractivity contribution is 0.408. The summed E-state index contributed by atoms with van der Waals surface area (Å²) in [4.78, 5) is 0. The van der Waals surface area contributed by atoms with Gasteiger partial charge in [-0.3, -0.25) is 0 Å². The number of rotatable bonds is 9. The van der Waals surface area contributed by atoms with E-state index >= 15 is 0 Å². The molecule has 0 aromatic carbocycles. The van der Waals surface area contributed by atoms with Gasteiger partial charge in [-0.1, -0.05) is 71.8 Å². The van der Waals surface area contributed by atoms with Crippen LogP contribution in [0.15, 0.2) is 12.7 Å². The van der Waals surface area contributed by atoms with Gasteiger partial charge in [-0.2, -0.15) is 0 Å². The summed E-state index contributed by atoms with van der Waals surface area (Å²) in [6.07, 6.45) is 13.2. The van der Waals surface area contributed by atoms with Crippen molar-refractivity contribution in [3.05, 3.63) is 12.7 Å². The van der Waals surface area contributed by atoms with Crippen molar-refractivity contribution >= 4 is 0 Å². The van der Waals surface area contributed by atoms with Crippen LogP contribution in [0.25, 0.3) is 0 Å². The summed E-state index contributed by atoms with van der Waals surface area (Å²) in [7, 11) is 0. The van der Waals surface area contributed by atoms with E-state index in [-0.39, 0.29) is 0 Å². The van der Waals surface area contributed by atoms with E-state index in [0.717, 1.165) is 0 Å². The Balaban J connectivity index is 3.17. The van der Waals surface area contributed by atoms with E-state index < -0.39 is 0 Å². The third-order valence-corrected chi connectivity index (χ3v) is 2.98. The fourth-order valence-electron chi connectivity index (χ4n) is 1.64. The van der Waals surface area contributed by atoms with Crippen molar-refractivity contribution in [2.75, 3.05) is 0 Å². The molecule has 0 N–H and O–H groups in total. The van der Waals surface area contributed by atoms with Crippen molar-refractivity contribution in [1.82, 2.24) is 0 Å². The maximum Gasteiger partial charge on any atom is -0.0178 e. The SMILES string of the molecule is C=CC(C)(C)CCCCCCCCC. The highest BCUT2D eigenvalue weighted by molar-refractivity contribution is 4.86. The minimum atomic E-state index is 0.351. The molecule has 0 saturated heterocycles. The van der Waals surface area contributed by atoms with Gasteiger partial charge in [0.15, 0.2) is 0 Å². The molecule has 0 heterocycles. The second-order valence-corrected chi connectivity index (χ2v) is 5.06. The molecule has 0 amide bonds. The van der Waals surface area contributed by atoms with E-state index in [9.17, 15) is 0 Å². The molecular weight excluding hydrogens is 168 g/mol. The maximum absolute atomic E-state index is 3.87. The molecule has 0 nitrogen and oxygen atoms in total. The zero-order chi connectivity index (χ0) is 10.9. The van der Waals surface area contributed by atoms with Gasteiger partial charge in [-0.15, -0.1) is 6.58 Å². The predicted molar refractivity (Wildman–Crippen MR) is 66.6 cm³/mol. The largest absolute Gasteiger partial charge is 0.103 e. The van der Waals surface area contributed by atoms with Gasteiger partial charge in [0.1, 0.15) is 0 Å². The first-order chi connectivity index (χ1) is 6.62. The summed E-state index contributed by atoms with van der Waals surface area (Å²) in [5, 5.41) is 0. The van der Waals surface area contributed by atoms with E-state index in [0.29, 0.717) is 5.41 Å². The van der Waals surface area contributed by atoms with Gasteiger partial charge in [0.25, 0.3) is 0 Å². The van der Waals surface area contributed by atoms with E-state index in [4.69, 9.17) is 0 Å². The molecule has 0 aromatic heterocycles. The molecule has 84 valence electrons. The molecule has 0 unspecified atom stereocenters. The molecule has 0 heteroatoms. The third-order valence-electron chi connectivity index (χ3n) is 2.98.